The summed E-state index contributed by atoms with van der Waals surface area (Å²) < 4.78 is 15.0. The quantitative estimate of drug-likeness (QED) is 0.459. The first kappa shape index (κ1) is 22.4. The summed E-state index contributed by atoms with van der Waals surface area (Å²) in [5, 5.41) is 12.3. The molecule has 0 saturated carbocycles. The molecular weight excluding hydrogens is 419 g/mol. The van der Waals surface area contributed by atoms with Crippen LogP contribution >= 0.6 is 23.5 Å². The van der Waals surface area contributed by atoms with Crippen LogP contribution in [-0.4, -0.2) is 26.4 Å². The van der Waals surface area contributed by atoms with Gasteiger partial charge in [-0.2, -0.15) is 0 Å². The Morgan fingerprint density at radius 1 is 1.10 bits per heavy atom. The van der Waals surface area contributed by atoms with Crippen molar-refractivity contribution >= 4 is 35.1 Å². The number of nitrogens with zero attached hydrogens (tertiary/aromatic N) is 3. The first-order valence-electron chi connectivity index (χ1n) is 9.71. The highest BCUT2D eigenvalue weighted by Crippen LogP contribution is 2.23. The molecule has 0 aliphatic carbocycles. The summed E-state index contributed by atoms with van der Waals surface area (Å²) in [6.45, 7) is 6.80. The van der Waals surface area contributed by atoms with Gasteiger partial charge in [-0.1, -0.05) is 36.0 Å². The Bertz CT molecular complexity index is 1000. The summed E-state index contributed by atoms with van der Waals surface area (Å²) in [5.74, 6) is 2.34. The molecule has 1 amide bonds. The monoisotopic (exact) mass is 444 g/mol. The third kappa shape index (κ3) is 5.86. The summed E-state index contributed by atoms with van der Waals surface area (Å²) in [6, 6.07) is 12.4. The van der Waals surface area contributed by atoms with Crippen molar-refractivity contribution in [3.05, 3.63) is 70.8 Å². The maximum atomic E-state index is 13.0. The van der Waals surface area contributed by atoms with Gasteiger partial charge < -0.3 is 9.88 Å². The maximum Gasteiger partial charge on any atom is 0.234 e. The summed E-state index contributed by atoms with van der Waals surface area (Å²) in [5.41, 5.74) is 4.14. The molecule has 0 fully saturated rings. The van der Waals surface area contributed by atoms with Crippen LogP contribution in [-0.2, 0) is 22.8 Å². The van der Waals surface area contributed by atoms with Gasteiger partial charge in [-0.25, -0.2) is 4.39 Å². The topological polar surface area (TPSA) is 59.8 Å². The summed E-state index contributed by atoms with van der Waals surface area (Å²) in [7, 11) is 0. The van der Waals surface area contributed by atoms with Gasteiger partial charge >= 0.3 is 0 Å². The van der Waals surface area contributed by atoms with Gasteiger partial charge in [0.2, 0.25) is 5.91 Å². The Morgan fingerprint density at radius 2 is 1.87 bits per heavy atom. The van der Waals surface area contributed by atoms with E-state index in [0.717, 1.165) is 45.7 Å². The zero-order chi connectivity index (χ0) is 21.5. The van der Waals surface area contributed by atoms with Crippen molar-refractivity contribution in [1.82, 2.24) is 14.8 Å². The van der Waals surface area contributed by atoms with E-state index < -0.39 is 0 Å². The minimum atomic E-state index is -0.224. The molecular formula is C22H25FN4OS2. The van der Waals surface area contributed by atoms with Crippen LogP contribution in [0.5, 0.6) is 0 Å². The number of thioether (sulfide) groups is 2. The van der Waals surface area contributed by atoms with Crippen LogP contribution in [0.25, 0.3) is 0 Å². The Labute approximate surface area is 184 Å². The Morgan fingerprint density at radius 3 is 2.60 bits per heavy atom. The van der Waals surface area contributed by atoms with Gasteiger partial charge in [0, 0.05) is 18.0 Å². The van der Waals surface area contributed by atoms with Crippen LogP contribution in [0.2, 0.25) is 0 Å². The van der Waals surface area contributed by atoms with E-state index in [9.17, 15) is 9.18 Å². The van der Waals surface area contributed by atoms with Crippen molar-refractivity contribution in [2.24, 2.45) is 0 Å². The molecule has 8 heteroatoms. The van der Waals surface area contributed by atoms with Crippen LogP contribution in [0, 0.1) is 19.7 Å². The fourth-order valence-corrected chi connectivity index (χ4v) is 4.64. The molecule has 1 N–H and O–H groups in total. The predicted molar refractivity (Wildman–Crippen MR) is 122 cm³/mol. The van der Waals surface area contributed by atoms with Gasteiger partial charge in [0.05, 0.1) is 11.5 Å². The second-order valence-corrected chi connectivity index (χ2v) is 8.77. The fourth-order valence-electron chi connectivity index (χ4n) is 2.89. The average molecular weight is 445 g/mol. The summed E-state index contributed by atoms with van der Waals surface area (Å²) >= 11 is 3.09. The minimum Gasteiger partial charge on any atom is -0.325 e. The van der Waals surface area contributed by atoms with Crippen molar-refractivity contribution < 1.29 is 9.18 Å². The zero-order valence-corrected chi connectivity index (χ0v) is 18.9. The Kier molecular flexibility index (Phi) is 7.93. The highest BCUT2D eigenvalue weighted by molar-refractivity contribution is 7.99. The number of halogens is 1. The number of aryl methyl sites for hydroxylation is 1. The molecule has 0 saturated heterocycles. The van der Waals surface area contributed by atoms with E-state index >= 15 is 0 Å². The standard InChI is InChI=1S/C22H25FN4OS2/c1-4-27-20(13-29-12-17-8-10-18(23)11-9-17)25-26-22(27)30-14-21(28)24-19-7-5-6-15(2)16(19)3/h5-11H,4,12-14H2,1-3H3,(H,24,28). The van der Waals surface area contributed by atoms with E-state index in [1.54, 1.807) is 23.9 Å². The molecule has 158 valence electrons. The number of aromatic nitrogens is 3. The van der Waals surface area contributed by atoms with E-state index in [0.29, 0.717) is 5.75 Å². The lowest BCUT2D eigenvalue weighted by Gasteiger charge is -2.10. The number of anilines is 1. The van der Waals surface area contributed by atoms with E-state index in [2.05, 4.69) is 15.5 Å². The first-order valence-corrected chi connectivity index (χ1v) is 11.8. The van der Waals surface area contributed by atoms with Crippen molar-refractivity contribution in [3.63, 3.8) is 0 Å². The van der Waals surface area contributed by atoms with Crippen molar-refractivity contribution in [3.8, 4) is 0 Å². The Hall–Kier alpha value is -2.32. The molecule has 0 unspecified atom stereocenters. The summed E-state index contributed by atoms with van der Waals surface area (Å²) in [4.78, 5) is 12.4. The fraction of sp³-hybridized carbons (Fsp3) is 0.318. The highest BCUT2D eigenvalue weighted by Gasteiger charge is 2.14. The van der Waals surface area contributed by atoms with Gasteiger partial charge in [0.1, 0.15) is 11.6 Å². The molecule has 1 aromatic heterocycles. The molecule has 3 rings (SSSR count). The largest absolute Gasteiger partial charge is 0.325 e. The molecule has 0 aliphatic heterocycles. The minimum absolute atomic E-state index is 0.0633. The number of rotatable bonds is 9. The Balaban J connectivity index is 1.53. The SMILES string of the molecule is CCn1c(CSCc2ccc(F)cc2)nnc1SCC(=O)Nc1cccc(C)c1C. The van der Waals surface area contributed by atoms with E-state index in [1.165, 1.54) is 23.9 Å². The van der Waals surface area contributed by atoms with Crippen LogP contribution in [0.15, 0.2) is 47.6 Å². The lowest BCUT2D eigenvalue weighted by atomic mass is 10.1. The number of carbonyl (C=O) groups is 1. The van der Waals surface area contributed by atoms with E-state index in [4.69, 9.17) is 0 Å². The van der Waals surface area contributed by atoms with Crippen molar-refractivity contribution in [2.45, 2.75) is 44.0 Å². The van der Waals surface area contributed by atoms with E-state index in [-0.39, 0.29) is 17.5 Å². The molecule has 2 aromatic carbocycles. The van der Waals surface area contributed by atoms with Crippen LogP contribution in [0.1, 0.15) is 29.4 Å². The van der Waals surface area contributed by atoms with Gasteiger partial charge in [-0.15, -0.1) is 22.0 Å². The maximum absolute atomic E-state index is 13.0. The second kappa shape index (κ2) is 10.6. The lowest BCUT2D eigenvalue weighted by Crippen LogP contribution is -2.15. The lowest BCUT2D eigenvalue weighted by molar-refractivity contribution is -0.113. The number of carbonyl (C=O) groups excluding carboxylic acids is 1. The normalized spacial score (nSPS) is 10.9. The molecule has 0 atom stereocenters. The molecule has 1 heterocycles. The van der Waals surface area contributed by atoms with Gasteiger partial charge in [-0.3, -0.25) is 4.79 Å². The van der Waals surface area contributed by atoms with Crippen molar-refractivity contribution in [2.75, 3.05) is 11.1 Å². The van der Waals surface area contributed by atoms with E-state index in [1.807, 2.05) is 43.5 Å². The molecule has 30 heavy (non-hydrogen) atoms. The highest BCUT2D eigenvalue weighted by atomic mass is 32.2. The number of benzene rings is 2. The van der Waals surface area contributed by atoms with Crippen LogP contribution < -0.4 is 5.32 Å². The summed E-state index contributed by atoms with van der Waals surface area (Å²) in [6.07, 6.45) is 0. The molecule has 0 bridgehead atoms. The van der Waals surface area contributed by atoms with Gasteiger partial charge in [0.15, 0.2) is 5.16 Å². The molecule has 0 radical (unpaired) electrons. The predicted octanol–water partition coefficient (Wildman–Crippen LogP) is 5.22. The zero-order valence-electron chi connectivity index (χ0n) is 17.3. The average Bonchev–Trinajstić information content (AvgIpc) is 3.13. The number of nitrogens with one attached hydrogen (secondary N) is 1. The third-order valence-electron chi connectivity index (χ3n) is 4.73. The van der Waals surface area contributed by atoms with Gasteiger partial charge in [0.25, 0.3) is 0 Å². The number of amides is 1. The molecule has 0 aliphatic rings. The third-order valence-corrected chi connectivity index (χ3v) is 6.70. The second-order valence-electron chi connectivity index (χ2n) is 6.85. The smallest absolute Gasteiger partial charge is 0.234 e. The molecule has 0 spiro atoms. The number of hydrogen-bond acceptors (Lipinski definition) is 5. The van der Waals surface area contributed by atoms with Gasteiger partial charge in [-0.05, 0) is 55.7 Å². The molecule has 3 aromatic rings. The van der Waals surface area contributed by atoms with Crippen molar-refractivity contribution in [1.29, 1.82) is 0 Å². The van der Waals surface area contributed by atoms with Crippen LogP contribution in [0.3, 0.4) is 0 Å². The van der Waals surface area contributed by atoms with Crippen LogP contribution in [0.4, 0.5) is 10.1 Å². The molecule has 5 nitrogen and oxygen atoms in total. The first-order chi connectivity index (χ1) is 14.5. The number of hydrogen-bond donors (Lipinski definition) is 1.